The van der Waals surface area contributed by atoms with Crippen LogP contribution >= 0.6 is 42.5 Å². The first-order chi connectivity index (χ1) is 28.9. The van der Waals surface area contributed by atoms with E-state index in [1.54, 1.807) is 15.9 Å². The summed E-state index contributed by atoms with van der Waals surface area (Å²) in [5.41, 5.74) is 0.685. The van der Waals surface area contributed by atoms with Gasteiger partial charge in [0.1, 0.15) is 12.1 Å². The molecule has 60 heavy (non-hydrogen) atoms. The summed E-state index contributed by atoms with van der Waals surface area (Å²) in [5.74, 6) is 0.649. The molecule has 1 saturated carbocycles. The normalized spacial score (nSPS) is 24.3. The van der Waals surface area contributed by atoms with Crippen molar-refractivity contribution in [2.45, 2.75) is 95.9 Å². The summed E-state index contributed by atoms with van der Waals surface area (Å²) in [6.07, 6.45) is 6.11. The first-order valence-corrected chi connectivity index (χ1v) is 26.0. The molecule has 5 heterocycles. The van der Waals surface area contributed by atoms with E-state index in [-0.39, 0.29) is 65.2 Å². The number of fused-ring (bicyclic) bond motifs is 3. The van der Waals surface area contributed by atoms with Crippen molar-refractivity contribution in [3.63, 3.8) is 0 Å². The molecule has 328 valence electrons. The van der Waals surface area contributed by atoms with Crippen molar-refractivity contribution in [3.05, 3.63) is 34.7 Å². The van der Waals surface area contributed by atoms with Crippen LogP contribution in [0, 0.1) is 17.8 Å². The summed E-state index contributed by atoms with van der Waals surface area (Å²) in [6, 6.07) is 5.91. The van der Waals surface area contributed by atoms with E-state index in [4.69, 9.17) is 13.8 Å². The van der Waals surface area contributed by atoms with Gasteiger partial charge in [0.25, 0.3) is 5.91 Å². The van der Waals surface area contributed by atoms with Gasteiger partial charge in [0.2, 0.25) is 17.7 Å². The molecule has 1 aromatic heterocycles. The van der Waals surface area contributed by atoms with E-state index in [0.717, 1.165) is 65.7 Å². The molecule has 1 N–H and O–H groups in total. The number of thioether (sulfide) groups is 2. The largest absolute Gasteiger partial charge is 0.378 e. The van der Waals surface area contributed by atoms with Gasteiger partial charge < -0.3 is 33.8 Å². The van der Waals surface area contributed by atoms with Crippen molar-refractivity contribution in [1.82, 2.24) is 20.0 Å². The molecule has 4 saturated heterocycles. The molecular formula is C42H57N4O10PS3. The molecule has 1 aliphatic carbocycles. The lowest BCUT2D eigenvalue weighted by Gasteiger charge is -2.44. The average Bonchev–Trinajstić information content (AvgIpc) is 3.56. The summed E-state index contributed by atoms with van der Waals surface area (Å²) in [4.78, 5) is 84.9. The molecule has 5 fully saturated rings. The number of carbonyl (C=O) groups is 6. The van der Waals surface area contributed by atoms with Crippen molar-refractivity contribution >= 4 is 86.4 Å². The Balaban J connectivity index is 0.985. The predicted octanol–water partition coefficient (Wildman–Crippen LogP) is 5.95. The number of nitrogens with one attached hydrogen (secondary N) is 1. The number of thiophene rings is 1. The molecule has 4 aliphatic heterocycles. The number of hydrogen-bond acceptors (Lipinski definition) is 13. The number of nitrogens with zero attached hydrogens (tertiary/aromatic N) is 3. The van der Waals surface area contributed by atoms with Gasteiger partial charge in [-0.1, -0.05) is 43.4 Å². The maximum Gasteiger partial charge on any atom is 0.335 e. The zero-order valence-electron chi connectivity index (χ0n) is 34.5. The Kier molecular flexibility index (Phi) is 15.5. The molecule has 7 rings (SSSR count). The monoisotopic (exact) mass is 904 g/mol. The van der Waals surface area contributed by atoms with Crippen LogP contribution in [0.5, 0.6) is 0 Å². The number of morpholine rings is 1. The maximum atomic E-state index is 14.4. The maximum absolute atomic E-state index is 14.4. The number of rotatable bonds is 18. The smallest absolute Gasteiger partial charge is 0.335 e. The van der Waals surface area contributed by atoms with Crippen LogP contribution in [0.3, 0.4) is 0 Å². The van der Waals surface area contributed by atoms with E-state index in [1.165, 1.54) is 11.3 Å². The van der Waals surface area contributed by atoms with Gasteiger partial charge in [-0.3, -0.25) is 33.3 Å². The fourth-order valence-corrected chi connectivity index (χ4v) is 13.1. The van der Waals surface area contributed by atoms with Gasteiger partial charge in [-0.2, -0.15) is 0 Å². The summed E-state index contributed by atoms with van der Waals surface area (Å²) in [6.45, 7) is 6.90. The van der Waals surface area contributed by atoms with Gasteiger partial charge in [0, 0.05) is 61.3 Å². The molecule has 0 bridgehead atoms. The highest BCUT2D eigenvalue weighted by Gasteiger charge is 2.53. The average molecular weight is 905 g/mol. The molecule has 0 radical (unpaired) electrons. The first kappa shape index (κ1) is 45.2. The number of likely N-dealkylation sites (tertiary alicyclic amines) is 1. The van der Waals surface area contributed by atoms with Crippen molar-refractivity contribution in [3.8, 4) is 0 Å². The molecule has 5 atom stereocenters. The van der Waals surface area contributed by atoms with Gasteiger partial charge >= 0.3 is 7.60 Å². The van der Waals surface area contributed by atoms with Gasteiger partial charge in [-0.15, -0.1) is 11.3 Å². The Hall–Kier alpha value is -2.79. The fourth-order valence-electron chi connectivity index (χ4n) is 8.80. The number of amides is 4. The minimum Gasteiger partial charge on any atom is -0.378 e. The van der Waals surface area contributed by atoms with E-state index >= 15 is 0 Å². The third kappa shape index (κ3) is 11.2. The second kappa shape index (κ2) is 20.6. The van der Waals surface area contributed by atoms with Crippen LogP contribution in [0.1, 0.15) is 86.9 Å². The number of benzene rings is 1. The molecule has 0 spiro atoms. The number of hydrogen-bond donors (Lipinski definition) is 1. The minimum absolute atomic E-state index is 0.0280. The van der Waals surface area contributed by atoms with Crippen LogP contribution in [0.25, 0.3) is 10.1 Å². The second-order valence-corrected chi connectivity index (χ2v) is 21.9. The zero-order chi connectivity index (χ0) is 42.4. The van der Waals surface area contributed by atoms with Crippen molar-refractivity contribution in [1.29, 1.82) is 0 Å². The minimum atomic E-state index is -3.68. The quantitative estimate of drug-likeness (QED) is 0.138. The van der Waals surface area contributed by atoms with E-state index in [1.807, 2.05) is 36.9 Å². The van der Waals surface area contributed by atoms with Crippen LogP contribution in [0.2, 0.25) is 0 Å². The molecular weight excluding hydrogens is 848 g/mol. The van der Waals surface area contributed by atoms with Gasteiger partial charge in [-0.05, 0) is 85.9 Å². The number of ether oxygens (including phenoxy) is 1. The van der Waals surface area contributed by atoms with E-state index in [2.05, 4.69) is 5.32 Å². The summed E-state index contributed by atoms with van der Waals surface area (Å²) >= 11 is 3.59. The van der Waals surface area contributed by atoms with E-state index in [0.29, 0.717) is 98.9 Å². The van der Waals surface area contributed by atoms with E-state index < -0.39 is 19.7 Å². The standard InChI is InChI=1S/C42H57N4O10PS3/c1-3-5-37(47)58-17-15-55-57(53,56-16-18-59-38(48)6-4-2)26-27-7-10-35-30(19-27)23-36(60-35)39(49)43-33-22-29-20-28(29)21-32-8-9-34(46(32)41(33)51)42(52)45-24-31(25-45)40(50)44-11-13-54-14-12-44/h7,10,19,23,28-29,31-34H,3-6,8-9,11-18,20-22,24-26H2,1-2H3,(H,43,49)/t28-,29+,32-,33+,34+/m1/s1. The van der Waals surface area contributed by atoms with Crippen LogP contribution in [0.15, 0.2) is 24.3 Å². The summed E-state index contributed by atoms with van der Waals surface area (Å²) in [7, 11) is -3.68. The molecule has 14 nitrogen and oxygen atoms in total. The zero-order valence-corrected chi connectivity index (χ0v) is 37.9. The third-order valence-electron chi connectivity index (χ3n) is 12.1. The lowest BCUT2D eigenvalue weighted by molar-refractivity contribution is -0.156. The first-order valence-electron chi connectivity index (χ1n) is 21.5. The fraction of sp³-hybridized carbons (Fsp3) is 0.667. The van der Waals surface area contributed by atoms with Crippen molar-refractivity contribution in [2.75, 3.05) is 64.1 Å². The lowest BCUT2D eigenvalue weighted by Crippen LogP contribution is -2.62. The van der Waals surface area contributed by atoms with E-state index in [9.17, 15) is 33.3 Å². The Bertz CT molecular complexity index is 1940. The van der Waals surface area contributed by atoms with Crippen molar-refractivity contribution < 1.29 is 47.1 Å². The Labute approximate surface area is 364 Å². The van der Waals surface area contributed by atoms with Gasteiger partial charge in [0.15, 0.2) is 10.2 Å². The van der Waals surface area contributed by atoms with Crippen molar-refractivity contribution in [2.24, 2.45) is 17.8 Å². The molecule has 2 aromatic rings. The van der Waals surface area contributed by atoms with Gasteiger partial charge in [0.05, 0.1) is 43.4 Å². The van der Waals surface area contributed by atoms with Crippen LogP contribution < -0.4 is 5.32 Å². The molecule has 4 amide bonds. The predicted molar refractivity (Wildman–Crippen MR) is 233 cm³/mol. The Morgan fingerprint density at radius 2 is 1.53 bits per heavy atom. The molecule has 1 aromatic carbocycles. The number of carbonyl (C=O) groups excluding carboxylic acids is 6. The highest BCUT2D eigenvalue weighted by Crippen LogP contribution is 2.52. The summed E-state index contributed by atoms with van der Waals surface area (Å²) in [5, 5.41) is 3.93. The lowest BCUT2D eigenvalue weighted by atomic mass is 9.96. The molecule has 0 unspecified atom stereocenters. The molecule has 5 aliphatic rings. The van der Waals surface area contributed by atoms with Gasteiger partial charge in [-0.25, -0.2) is 0 Å². The van der Waals surface area contributed by atoms with Crippen LogP contribution in [-0.2, 0) is 48.5 Å². The Morgan fingerprint density at radius 1 is 0.867 bits per heavy atom. The summed E-state index contributed by atoms with van der Waals surface area (Å²) < 4.78 is 31.9. The molecule has 18 heteroatoms. The highest BCUT2D eigenvalue weighted by molar-refractivity contribution is 8.13. The topological polar surface area (TPSA) is 169 Å². The van der Waals surface area contributed by atoms with Crippen LogP contribution in [0.4, 0.5) is 0 Å². The van der Waals surface area contributed by atoms with Crippen LogP contribution in [-0.4, -0.2) is 131 Å². The highest BCUT2D eigenvalue weighted by atomic mass is 32.2. The Morgan fingerprint density at radius 3 is 2.20 bits per heavy atom. The third-order valence-corrected chi connectivity index (χ3v) is 16.9. The SMILES string of the molecule is CCCC(=O)SCCOP(=O)(Cc1ccc2sc(C(=O)N[C@H]3C[C@@H]4C[C@@H]4C[C@H]4CC[C@@H](C(=O)N5CC(C(=O)N6CCOCC6)C5)N4C3=O)cc2c1)OCCSC(=O)CCC. The second-order valence-electron chi connectivity index (χ2n) is 16.5.